The number of H-pyrrole nitrogens is 1. The van der Waals surface area contributed by atoms with Crippen LogP contribution in [-0.4, -0.2) is 54.2 Å². The SMILES string of the molecule is CO/N=C(\C)c1n[nH]c(-c2c(-n3ccnc3)c3nc(OC)c(Cl)cc3n2C)n1. The van der Waals surface area contributed by atoms with Gasteiger partial charge in [0.05, 0.1) is 19.0 Å². The first-order valence-corrected chi connectivity index (χ1v) is 8.65. The molecule has 0 fully saturated rings. The van der Waals surface area contributed by atoms with Crippen molar-refractivity contribution in [2.24, 2.45) is 12.2 Å². The van der Waals surface area contributed by atoms with Crippen LogP contribution < -0.4 is 4.74 Å². The lowest BCUT2D eigenvalue weighted by Crippen LogP contribution is -2.00. The largest absolute Gasteiger partial charge is 0.480 e. The predicted molar refractivity (Wildman–Crippen MR) is 104 cm³/mol. The van der Waals surface area contributed by atoms with Crippen LogP contribution in [0.1, 0.15) is 12.7 Å². The smallest absolute Gasteiger partial charge is 0.233 e. The van der Waals surface area contributed by atoms with Crippen LogP contribution in [0, 0.1) is 0 Å². The van der Waals surface area contributed by atoms with Crippen LogP contribution in [0.5, 0.6) is 5.88 Å². The maximum atomic E-state index is 6.30. The Bertz CT molecular complexity index is 1180. The van der Waals surface area contributed by atoms with E-state index in [1.54, 1.807) is 19.4 Å². The molecule has 4 rings (SSSR count). The van der Waals surface area contributed by atoms with E-state index >= 15 is 0 Å². The highest BCUT2D eigenvalue weighted by Crippen LogP contribution is 2.37. The van der Waals surface area contributed by atoms with E-state index in [-0.39, 0.29) is 0 Å². The van der Waals surface area contributed by atoms with E-state index in [4.69, 9.17) is 21.2 Å². The van der Waals surface area contributed by atoms with Gasteiger partial charge in [0.1, 0.15) is 34.7 Å². The topological polar surface area (TPSA) is 108 Å². The average Bonchev–Trinajstić information content (AvgIpc) is 3.41. The van der Waals surface area contributed by atoms with Crippen molar-refractivity contribution in [3.8, 4) is 23.1 Å². The van der Waals surface area contributed by atoms with Crippen molar-refractivity contribution in [1.29, 1.82) is 0 Å². The number of methoxy groups -OCH3 is 1. The highest BCUT2D eigenvalue weighted by atomic mass is 35.5. The van der Waals surface area contributed by atoms with Gasteiger partial charge in [-0.3, -0.25) is 5.10 Å². The monoisotopic (exact) mass is 400 g/mol. The fourth-order valence-corrected chi connectivity index (χ4v) is 3.26. The molecule has 0 bridgehead atoms. The maximum absolute atomic E-state index is 6.30. The first-order valence-electron chi connectivity index (χ1n) is 8.27. The molecule has 28 heavy (non-hydrogen) atoms. The van der Waals surface area contributed by atoms with Gasteiger partial charge in [-0.05, 0) is 13.0 Å². The number of ether oxygens (including phenoxy) is 1. The molecule has 0 saturated carbocycles. The van der Waals surface area contributed by atoms with Gasteiger partial charge in [0, 0.05) is 19.4 Å². The van der Waals surface area contributed by atoms with Crippen molar-refractivity contribution in [3.63, 3.8) is 0 Å². The van der Waals surface area contributed by atoms with Crippen molar-refractivity contribution in [1.82, 2.24) is 34.3 Å². The highest BCUT2D eigenvalue weighted by Gasteiger charge is 2.24. The van der Waals surface area contributed by atoms with Gasteiger partial charge in [-0.1, -0.05) is 16.8 Å². The Morgan fingerprint density at radius 2 is 2.11 bits per heavy atom. The van der Waals surface area contributed by atoms with Gasteiger partial charge in [0.15, 0.2) is 11.6 Å². The van der Waals surface area contributed by atoms with Gasteiger partial charge in [-0.15, -0.1) is 0 Å². The van der Waals surface area contributed by atoms with Gasteiger partial charge in [0.2, 0.25) is 5.88 Å². The number of fused-ring (bicyclic) bond motifs is 1. The molecule has 4 heterocycles. The lowest BCUT2D eigenvalue weighted by atomic mass is 10.3. The molecule has 11 heteroatoms. The zero-order valence-corrected chi connectivity index (χ0v) is 16.4. The van der Waals surface area contributed by atoms with Crippen LogP contribution in [0.3, 0.4) is 0 Å². The molecule has 0 amide bonds. The van der Waals surface area contributed by atoms with Gasteiger partial charge >= 0.3 is 0 Å². The summed E-state index contributed by atoms with van der Waals surface area (Å²) in [7, 11) is 4.91. The second-order valence-electron chi connectivity index (χ2n) is 5.94. The molecule has 0 spiro atoms. The summed E-state index contributed by atoms with van der Waals surface area (Å²) >= 11 is 6.30. The van der Waals surface area contributed by atoms with E-state index < -0.39 is 0 Å². The molecule has 144 valence electrons. The Labute approximate surface area is 164 Å². The summed E-state index contributed by atoms with van der Waals surface area (Å²) in [5.41, 5.74) is 3.58. The third-order valence-electron chi connectivity index (χ3n) is 4.29. The molecule has 10 nitrogen and oxygen atoms in total. The number of oxime groups is 1. The summed E-state index contributed by atoms with van der Waals surface area (Å²) < 4.78 is 9.10. The standard InChI is InChI=1S/C17H17ClN8O2/c1-9(24-28-4)15-21-16(23-22-15)14-13(26-6-5-19-8-26)12-11(25(14)2)7-10(18)17(20-12)27-3/h5-8H,1-4H3,(H,21,22,23)/b24-9+. The van der Waals surface area contributed by atoms with Crippen molar-refractivity contribution in [3.05, 3.63) is 35.6 Å². The van der Waals surface area contributed by atoms with Crippen LogP contribution in [-0.2, 0) is 11.9 Å². The van der Waals surface area contributed by atoms with Crippen LogP contribution in [0.15, 0.2) is 29.9 Å². The summed E-state index contributed by atoms with van der Waals surface area (Å²) in [6, 6.07) is 1.81. The van der Waals surface area contributed by atoms with E-state index in [0.29, 0.717) is 33.8 Å². The molecular weight excluding hydrogens is 384 g/mol. The molecule has 1 N–H and O–H groups in total. The first-order chi connectivity index (χ1) is 13.5. The predicted octanol–water partition coefficient (Wildman–Crippen LogP) is 2.58. The third-order valence-corrected chi connectivity index (χ3v) is 4.56. The molecule has 0 saturated heterocycles. The van der Waals surface area contributed by atoms with Crippen molar-refractivity contribution < 1.29 is 9.57 Å². The Balaban J connectivity index is 2.02. The molecule has 0 aliphatic carbocycles. The first kappa shape index (κ1) is 18.0. The lowest BCUT2D eigenvalue weighted by molar-refractivity contribution is 0.213. The summed E-state index contributed by atoms with van der Waals surface area (Å²) in [6.45, 7) is 1.76. The quantitative estimate of drug-likeness (QED) is 0.407. The number of pyridine rings is 1. The van der Waals surface area contributed by atoms with Gasteiger partial charge in [-0.2, -0.15) is 5.10 Å². The third kappa shape index (κ3) is 2.78. The molecule has 0 aromatic carbocycles. The van der Waals surface area contributed by atoms with Crippen LogP contribution in [0.25, 0.3) is 28.2 Å². The molecule has 0 aliphatic heterocycles. The van der Waals surface area contributed by atoms with Crippen molar-refractivity contribution in [2.75, 3.05) is 14.2 Å². The molecule has 4 aromatic heterocycles. The molecule has 0 atom stereocenters. The van der Waals surface area contributed by atoms with Gasteiger partial charge in [-0.25, -0.2) is 15.0 Å². The summed E-state index contributed by atoms with van der Waals surface area (Å²) in [6.07, 6.45) is 5.21. The Morgan fingerprint density at radius 3 is 2.79 bits per heavy atom. The minimum absolute atomic E-state index is 0.342. The van der Waals surface area contributed by atoms with Crippen LogP contribution in [0.4, 0.5) is 0 Å². The van der Waals surface area contributed by atoms with Crippen LogP contribution >= 0.6 is 11.6 Å². The molecule has 0 unspecified atom stereocenters. The summed E-state index contributed by atoms with van der Waals surface area (Å²) in [5.74, 6) is 1.32. The normalized spacial score (nSPS) is 12.0. The van der Waals surface area contributed by atoms with E-state index in [0.717, 1.165) is 16.9 Å². The summed E-state index contributed by atoms with van der Waals surface area (Å²) in [4.78, 5) is 18.1. The maximum Gasteiger partial charge on any atom is 0.233 e. The minimum Gasteiger partial charge on any atom is -0.480 e. The Hall–Kier alpha value is -3.40. The summed E-state index contributed by atoms with van der Waals surface area (Å²) in [5, 5.41) is 11.5. The number of hydrogen-bond acceptors (Lipinski definition) is 7. The number of nitrogens with one attached hydrogen (secondary N) is 1. The second-order valence-corrected chi connectivity index (χ2v) is 6.35. The number of imidazole rings is 1. The van der Waals surface area contributed by atoms with E-state index in [1.807, 2.05) is 28.4 Å². The molecule has 4 aromatic rings. The second kappa shape index (κ2) is 6.97. The average molecular weight is 401 g/mol. The number of nitrogens with zero attached hydrogens (tertiary/aromatic N) is 7. The van der Waals surface area contributed by atoms with E-state index in [2.05, 4.69) is 30.3 Å². The van der Waals surface area contributed by atoms with Crippen LogP contribution in [0.2, 0.25) is 5.02 Å². The Morgan fingerprint density at radius 1 is 1.29 bits per heavy atom. The van der Waals surface area contributed by atoms with E-state index in [1.165, 1.54) is 14.2 Å². The number of aryl methyl sites for hydroxylation is 1. The fraction of sp³-hybridized carbons (Fsp3) is 0.235. The number of aromatic nitrogens is 7. The zero-order chi connectivity index (χ0) is 19.8. The minimum atomic E-state index is 0.342. The number of hydrogen-bond donors (Lipinski definition) is 1. The Kier molecular flexibility index (Phi) is 4.47. The fourth-order valence-electron chi connectivity index (χ4n) is 3.04. The highest BCUT2D eigenvalue weighted by molar-refractivity contribution is 6.32. The van der Waals surface area contributed by atoms with Gasteiger partial charge < -0.3 is 18.7 Å². The number of rotatable bonds is 5. The molecule has 0 aliphatic rings. The zero-order valence-electron chi connectivity index (χ0n) is 15.6. The van der Waals surface area contributed by atoms with Gasteiger partial charge in [0.25, 0.3) is 0 Å². The number of halogens is 1. The van der Waals surface area contributed by atoms with E-state index in [9.17, 15) is 0 Å². The molecule has 0 radical (unpaired) electrons. The van der Waals surface area contributed by atoms with Crippen molar-refractivity contribution in [2.45, 2.75) is 6.92 Å². The number of aromatic amines is 1. The lowest BCUT2D eigenvalue weighted by Gasteiger charge is -2.05. The molecular formula is C17H17ClN8O2. The van der Waals surface area contributed by atoms with Crippen molar-refractivity contribution >= 4 is 28.3 Å².